The van der Waals surface area contributed by atoms with Gasteiger partial charge in [-0.05, 0) is 38.8 Å². The second-order valence-electron chi connectivity index (χ2n) is 7.36. The summed E-state index contributed by atoms with van der Waals surface area (Å²) in [6.45, 7) is 12.1. The van der Waals surface area contributed by atoms with Gasteiger partial charge in [0.25, 0.3) is 0 Å². The molecule has 1 aromatic carbocycles. The lowest BCUT2D eigenvalue weighted by atomic mass is 9.83. The molecule has 0 saturated carbocycles. The van der Waals surface area contributed by atoms with Crippen LogP contribution in [0.25, 0.3) is 0 Å². The summed E-state index contributed by atoms with van der Waals surface area (Å²) in [5, 5.41) is 4.15. The molecule has 1 N–H and O–H groups in total. The van der Waals surface area contributed by atoms with Crippen molar-refractivity contribution in [1.29, 1.82) is 0 Å². The van der Waals surface area contributed by atoms with Gasteiger partial charge < -0.3 is 5.32 Å². The standard InChI is InChI=1S/C17H26ClNO/c1-16(2,3)15(20)14(19-17(4,5)6)11-12-9-7-8-10-13(12)18/h7-10,14,19H,11H2,1-6H3. The van der Waals surface area contributed by atoms with Gasteiger partial charge in [-0.15, -0.1) is 0 Å². The average molecular weight is 296 g/mol. The summed E-state index contributed by atoms with van der Waals surface area (Å²) in [5.74, 6) is 0.215. The minimum Gasteiger partial charge on any atom is -0.302 e. The van der Waals surface area contributed by atoms with Crippen molar-refractivity contribution in [2.45, 2.75) is 59.5 Å². The van der Waals surface area contributed by atoms with Crippen molar-refractivity contribution in [1.82, 2.24) is 5.32 Å². The van der Waals surface area contributed by atoms with E-state index in [1.165, 1.54) is 0 Å². The molecule has 0 aliphatic heterocycles. The van der Waals surface area contributed by atoms with Crippen LogP contribution in [0.15, 0.2) is 24.3 Å². The average Bonchev–Trinajstić information content (AvgIpc) is 2.27. The Kier molecular flexibility index (Phi) is 5.39. The van der Waals surface area contributed by atoms with Crippen LogP contribution < -0.4 is 5.32 Å². The zero-order valence-corrected chi connectivity index (χ0v) is 14.1. The molecule has 0 aliphatic carbocycles. The van der Waals surface area contributed by atoms with Crippen molar-refractivity contribution in [2.24, 2.45) is 5.41 Å². The number of carbonyl (C=O) groups is 1. The summed E-state index contributed by atoms with van der Waals surface area (Å²) in [6, 6.07) is 7.48. The lowest BCUT2D eigenvalue weighted by Crippen LogP contribution is -2.51. The monoisotopic (exact) mass is 295 g/mol. The SMILES string of the molecule is CC(C)(C)NC(Cc1ccccc1Cl)C(=O)C(C)(C)C. The molecule has 0 spiro atoms. The highest BCUT2D eigenvalue weighted by molar-refractivity contribution is 6.31. The molecule has 0 aliphatic rings. The summed E-state index contributed by atoms with van der Waals surface area (Å²) >= 11 is 6.22. The predicted molar refractivity (Wildman–Crippen MR) is 86.3 cm³/mol. The smallest absolute Gasteiger partial charge is 0.155 e. The minimum absolute atomic E-state index is 0.118. The van der Waals surface area contributed by atoms with Gasteiger partial charge in [-0.25, -0.2) is 0 Å². The molecule has 0 fully saturated rings. The Morgan fingerprint density at radius 1 is 1.15 bits per heavy atom. The highest BCUT2D eigenvalue weighted by atomic mass is 35.5. The topological polar surface area (TPSA) is 29.1 Å². The third-order valence-electron chi connectivity index (χ3n) is 3.04. The molecule has 112 valence electrons. The first kappa shape index (κ1) is 17.2. The molecule has 0 amide bonds. The van der Waals surface area contributed by atoms with E-state index in [4.69, 9.17) is 11.6 Å². The Morgan fingerprint density at radius 3 is 2.15 bits per heavy atom. The van der Waals surface area contributed by atoms with E-state index in [0.29, 0.717) is 6.42 Å². The largest absolute Gasteiger partial charge is 0.302 e. The van der Waals surface area contributed by atoms with E-state index in [1.807, 2.05) is 45.0 Å². The molecular formula is C17H26ClNO. The molecule has 3 heteroatoms. The maximum Gasteiger partial charge on any atom is 0.155 e. The van der Waals surface area contributed by atoms with Crippen LogP contribution in [0.1, 0.15) is 47.1 Å². The number of halogens is 1. The molecule has 0 radical (unpaired) electrons. The first-order chi connectivity index (χ1) is 9.00. The van der Waals surface area contributed by atoms with E-state index in [0.717, 1.165) is 10.6 Å². The van der Waals surface area contributed by atoms with Crippen molar-refractivity contribution in [3.05, 3.63) is 34.9 Å². The van der Waals surface area contributed by atoms with Crippen LogP contribution in [0, 0.1) is 5.41 Å². The fraction of sp³-hybridized carbons (Fsp3) is 0.588. The van der Waals surface area contributed by atoms with Crippen molar-refractivity contribution >= 4 is 17.4 Å². The van der Waals surface area contributed by atoms with Crippen LogP contribution in [0.2, 0.25) is 5.02 Å². The lowest BCUT2D eigenvalue weighted by molar-refractivity contribution is -0.128. The molecule has 0 heterocycles. The third kappa shape index (κ3) is 5.26. The first-order valence-corrected chi connectivity index (χ1v) is 7.44. The molecular weight excluding hydrogens is 270 g/mol. The highest BCUT2D eigenvalue weighted by Gasteiger charge is 2.32. The number of nitrogens with one attached hydrogen (secondary N) is 1. The number of ketones is 1. The van der Waals surface area contributed by atoms with Crippen LogP contribution in [0.3, 0.4) is 0 Å². The summed E-state index contributed by atoms with van der Waals surface area (Å²) in [6.07, 6.45) is 0.618. The molecule has 0 saturated heterocycles. The molecule has 0 aromatic heterocycles. The Balaban J connectivity index is 3.00. The lowest BCUT2D eigenvalue weighted by Gasteiger charge is -2.32. The summed E-state index contributed by atoms with van der Waals surface area (Å²) in [7, 11) is 0. The van der Waals surface area contributed by atoms with Crippen molar-refractivity contribution in [3.8, 4) is 0 Å². The maximum atomic E-state index is 12.7. The second-order valence-corrected chi connectivity index (χ2v) is 7.76. The van der Waals surface area contributed by atoms with E-state index >= 15 is 0 Å². The fourth-order valence-corrected chi connectivity index (χ4v) is 2.35. The van der Waals surface area contributed by atoms with Gasteiger partial charge in [-0.1, -0.05) is 50.6 Å². The number of benzene rings is 1. The van der Waals surface area contributed by atoms with Crippen molar-refractivity contribution in [2.75, 3.05) is 0 Å². The molecule has 2 nitrogen and oxygen atoms in total. The molecule has 1 unspecified atom stereocenters. The van der Waals surface area contributed by atoms with Crippen molar-refractivity contribution < 1.29 is 4.79 Å². The van der Waals surface area contributed by atoms with E-state index in [9.17, 15) is 4.79 Å². The molecule has 20 heavy (non-hydrogen) atoms. The quantitative estimate of drug-likeness (QED) is 0.899. The zero-order chi connectivity index (χ0) is 15.6. The number of rotatable bonds is 4. The van der Waals surface area contributed by atoms with Crippen LogP contribution in [0.5, 0.6) is 0 Å². The van der Waals surface area contributed by atoms with Crippen LogP contribution in [0.4, 0.5) is 0 Å². The molecule has 1 rings (SSSR count). The van der Waals surface area contributed by atoms with Crippen LogP contribution in [-0.2, 0) is 11.2 Å². The van der Waals surface area contributed by atoms with Gasteiger partial charge in [0.15, 0.2) is 5.78 Å². The van der Waals surface area contributed by atoms with Gasteiger partial charge in [-0.3, -0.25) is 4.79 Å². The zero-order valence-electron chi connectivity index (χ0n) is 13.4. The van der Waals surface area contributed by atoms with E-state index in [2.05, 4.69) is 26.1 Å². The van der Waals surface area contributed by atoms with Gasteiger partial charge in [0.2, 0.25) is 0 Å². The Bertz CT molecular complexity index is 469. The van der Waals surface area contributed by atoms with Crippen LogP contribution >= 0.6 is 11.6 Å². The molecule has 0 bridgehead atoms. The summed E-state index contributed by atoms with van der Waals surface area (Å²) in [5.41, 5.74) is 0.519. The number of hydrogen-bond acceptors (Lipinski definition) is 2. The van der Waals surface area contributed by atoms with Gasteiger partial charge in [0.1, 0.15) is 0 Å². The minimum atomic E-state index is -0.371. The fourth-order valence-electron chi connectivity index (χ4n) is 2.14. The van der Waals surface area contributed by atoms with Crippen molar-refractivity contribution in [3.63, 3.8) is 0 Å². The predicted octanol–water partition coefficient (Wildman–Crippen LogP) is 4.25. The number of hydrogen-bond donors (Lipinski definition) is 1. The second kappa shape index (κ2) is 6.28. The third-order valence-corrected chi connectivity index (χ3v) is 3.41. The summed E-state index contributed by atoms with van der Waals surface area (Å²) < 4.78 is 0. The van der Waals surface area contributed by atoms with Crippen LogP contribution in [-0.4, -0.2) is 17.4 Å². The Labute approximate surface area is 127 Å². The molecule has 1 aromatic rings. The van der Waals surface area contributed by atoms with E-state index < -0.39 is 0 Å². The number of Topliss-reactive ketones (excluding diaryl/α,β-unsaturated/α-hetero) is 1. The maximum absolute atomic E-state index is 12.7. The van der Waals surface area contributed by atoms with Gasteiger partial charge in [-0.2, -0.15) is 0 Å². The van der Waals surface area contributed by atoms with Gasteiger partial charge in [0, 0.05) is 16.0 Å². The Morgan fingerprint density at radius 2 is 1.70 bits per heavy atom. The normalized spacial score (nSPS) is 14.2. The Hall–Kier alpha value is -0.860. The highest BCUT2D eigenvalue weighted by Crippen LogP contribution is 2.23. The van der Waals surface area contributed by atoms with E-state index in [-0.39, 0.29) is 22.8 Å². The first-order valence-electron chi connectivity index (χ1n) is 7.06. The van der Waals surface area contributed by atoms with Gasteiger partial charge >= 0.3 is 0 Å². The van der Waals surface area contributed by atoms with E-state index in [1.54, 1.807) is 0 Å². The number of carbonyl (C=O) groups excluding carboxylic acids is 1. The summed E-state index contributed by atoms with van der Waals surface area (Å²) in [4.78, 5) is 12.7. The molecule has 1 atom stereocenters. The van der Waals surface area contributed by atoms with Gasteiger partial charge in [0.05, 0.1) is 6.04 Å².